The summed E-state index contributed by atoms with van der Waals surface area (Å²) in [7, 11) is 0. The van der Waals surface area contributed by atoms with Crippen molar-refractivity contribution < 1.29 is 9.21 Å². The van der Waals surface area contributed by atoms with Gasteiger partial charge in [0.25, 0.3) is 5.91 Å². The summed E-state index contributed by atoms with van der Waals surface area (Å²) in [5.41, 5.74) is 0.572. The second kappa shape index (κ2) is 5.75. The lowest BCUT2D eigenvalue weighted by atomic mass is 10.1. The predicted octanol–water partition coefficient (Wildman–Crippen LogP) is 1.64. The maximum atomic E-state index is 12.7. The van der Waals surface area contributed by atoms with Crippen LogP contribution in [0.4, 0.5) is 0 Å². The molecular formula is C16H17N5O2. The first-order valence-corrected chi connectivity index (χ1v) is 7.58. The van der Waals surface area contributed by atoms with Crippen LogP contribution in [0, 0.1) is 5.92 Å². The van der Waals surface area contributed by atoms with Crippen LogP contribution in [0.3, 0.4) is 0 Å². The van der Waals surface area contributed by atoms with Crippen molar-refractivity contribution in [1.29, 1.82) is 0 Å². The molecule has 0 aliphatic carbocycles. The van der Waals surface area contributed by atoms with Crippen molar-refractivity contribution in [3.05, 3.63) is 60.8 Å². The fraction of sp³-hybridized carbons (Fsp3) is 0.312. The van der Waals surface area contributed by atoms with E-state index in [2.05, 4.69) is 14.6 Å². The Morgan fingerprint density at radius 2 is 2.26 bits per heavy atom. The Bertz CT molecular complexity index is 775. The van der Waals surface area contributed by atoms with Gasteiger partial charge in [-0.2, -0.15) is 5.10 Å². The summed E-state index contributed by atoms with van der Waals surface area (Å²) >= 11 is 0. The first-order valence-electron chi connectivity index (χ1n) is 7.58. The molecule has 118 valence electrons. The van der Waals surface area contributed by atoms with Crippen molar-refractivity contribution in [3.8, 4) is 0 Å². The molecule has 0 saturated carbocycles. The van der Waals surface area contributed by atoms with Gasteiger partial charge in [-0.3, -0.25) is 9.48 Å². The lowest BCUT2D eigenvalue weighted by Gasteiger charge is -2.23. The molecule has 4 rings (SSSR count). The molecular weight excluding hydrogens is 294 g/mol. The van der Waals surface area contributed by atoms with E-state index < -0.39 is 0 Å². The van der Waals surface area contributed by atoms with Gasteiger partial charge in [0.2, 0.25) is 0 Å². The van der Waals surface area contributed by atoms with Gasteiger partial charge in [-0.25, -0.2) is 4.98 Å². The van der Waals surface area contributed by atoms with E-state index in [1.54, 1.807) is 18.5 Å². The molecule has 0 fully saturated rings. The van der Waals surface area contributed by atoms with Crippen LogP contribution in [0.25, 0.3) is 0 Å². The van der Waals surface area contributed by atoms with Gasteiger partial charge in [0.15, 0.2) is 0 Å². The Morgan fingerprint density at radius 1 is 1.30 bits per heavy atom. The maximum Gasteiger partial charge on any atom is 0.257 e. The largest absolute Gasteiger partial charge is 0.472 e. The SMILES string of the molecule is O=C(c1ccoc1)N1Cc2nccn2C[C@H](Cn2cccn2)C1. The first kappa shape index (κ1) is 13.8. The van der Waals surface area contributed by atoms with E-state index in [1.807, 2.05) is 28.0 Å². The van der Waals surface area contributed by atoms with Crippen LogP contribution < -0.4 is 0 Å². The second-order valence-corrected chi connectivity index (χ2v) is 5.79. The Balaban J connectivity index is 1.60. The third-order valence-corrected chi connectivity index (χ3v) is 4.13. The summed E-state index contributed by atoms with van der Waals surface area (Å²) in [6.07, 6.45) is 10.5. The van der Waals surface area contributed by atoms with Crippen LogP contribution in [0.1, 0.15) is 16.2 Å². The van der Waals surface area contributed by atoms with Crippen LogP contribution in [0.15, 0.2) is 53.9 Å². The zero-order chi connectivity index (χ0) is 15.6. The number of carbonyl (C=O) groups is 1. The van der Waals surface area contributed by atoms with E-state index in [-0.39, 0.29) is 11.8 Å². The number of hydrogen-bond acceptors (Lipinski definition) is 4. The molecule has 23 heavy (non-hydrogen) atoms. The molecule has 1 aliphatic heterocycles. The Morgan fingerprint density at radius 3 is 3.04 bits per heavy atom. The molecule has 0 N–H and O–H groups in total. The summed E-state index contributed by atoms with van der Waals surface area (Å²) < 4.78 is 9.07. The van der Waals surface area contributed by atoms with E-state index in [9.17, 15) is 4.79 Å². The highest BCUT2D eigenvalue weighted by Gasteiger charge is 2.27. The van der Waals surface area contributed by atoms with Gasteiger partial charge in [0.1, 0.15) is 12.1 Å². The van der Waals surface area contributed by atoms with Gasteiger partial charge >= 0.3 is 0 Å². The smallest absolute Gasteiger partial charge is 0.257 e. The monoisotopic (exact) mass is 311 g/mol. The molecule has 4 heterocycles. The highest BCUT2D eigenvalue weighted by atomic mass is 16.3. The average molecular weight is 311 g/mol. The minimum Gasteiger partial charge on any atom is -0.472 e. The number of aromatic nitrogens is 4. The fourth-order valence-corrected chi connectivity index (χ4v) is 3.05. The average Bonchev–Trinajstić information content (AvgIpc) is 3.28. The van der Waals surface area contributed by atoms with Crippen molar-refractivity contribution in [2.75, 3.05) is 6.54 Å². The molecule has 1 atom stereocenters. The number of hydrogen-bond donors (Lipinski definition) is 0. The predicted molar refractivity (Wildman–Crippen MR) is 81.4 cm³/mol. The van der Waals surface area contributed by atoms with Gasteiger partial charge in [0, 0.05) is 50.3 Å². The number of amides is 1. The minimum atomic E-state index is -0.0272. The number of fused-ring (bicyclic) bond motifs is 1. The molecule has 3 aromatic rings. The summed E-state index contributed by atoms with van der Waals surface area (Å²) in [4.78, 5) is 18.9. The van der Waals surface area contributed by atoms with Crippen molar-refractivity contribution >= 4 is 5.91 Å². The van der Waals surface area contributed by atoms with Gasteiger partial charge in [-0.1, -0.05) is 0 Å². The highest BCUT2D eigenvalue weighted by Crippen LogP contribution is 2.19. The van der Waals surface area contributed by atoms with Crippen molar-refractivity contribution in [3.63, 3.8) is 0 Å². The molecule has 7 heteroatoms. The van der Waals surface area contributed by atoms with Crippen LogP contribution in [0.2, 0.25) is 0 Å². The molecule has 3 aromatic heterocycles. The molecule has 0 saturated heterocycles. The Labute approximate surface area is 133 Å². The van der Waals surface area contributed by atoms with Crippen LogP contribution >= 0.6 is 0 Å². The molecule has 0 unspecified atom stereocenters. The quantitative estimate of drug-likeness (QED) is 0.737. The van der Waals surface area contributed by atoms with Crippen LogP contribution in [-0.2, 0) is 19.6 Å². The summed E-state index contributed by atoms with van der Waals surface area (Å²) in [5, 5.41) is 4.28. The van der Waals surface area contributed by atoms with Crippen molar-refractivity contribution in [2.24, 2.45) is 5.92 Å². The topological polar surface area (TPSA) is 69.1 Å². The number of carbonyl (C=O) groups excluding carboxylic acids is 1. The normalized spacial score (nSPS) is 17.7. The molecule has 1 aliphatic rings. The van der Waals surface area contributed by atoms with Gasteiger partial charge in [-0.15, -0.1) is 0 Å². The van der Waals surface area contributed by atoms with E-state index in [4.69, 9.17) is 4.42 Å². The van der Waals surface area contributed by atoms with Crippen LogP contribution in [-0.4, -0.2) is 36.7 Å². The van der Waals surface area contributed by atoms with Crippen molar-refractivity contribution in [1.82, 2.24) is 24.2 Å². The standard InChI is InChI=1S/C16H17N5O2/c22-16(14-2-7-23-12-14)20-9-13(10-21-5-1-3-18-21)8-19-6-4-17-15(19)11-20/h1-7,12-13H,8-11H2/t13-/m0/s1. The lowest BCUT2D eigenvalue weighted by Crippen LogP contribution is -2.35. The lowest BCUT2D eigenvalue weighted by molar-refractivity contribution is 0.0712. The molecule has 0 bridgehead atoms. The Kier molecular flexibility index (Phi) is 3.45. The van der Waals surface area contributed by atoms with Crippen LogP contribution in [0.5, 0.6) is 0 Å². The van der Waals surface area contributed by atoms with E-state index >= 15 is 0 Å². The van der Waals surface area contributed by atoms with E-state index in [1.165, 1.54) is 12.5 Å². The minimum absolute atomic E-state index is 0.0272. The molecule has 0 aromatic carbocycles. The number of imidazole rings is 1. The highest BCUT2D eigenvalue weighted by molar-refractivity contribution is 5.93. The Hall–Kier alpha value is -2.83. The number of rotatable bonds is 3. The molecule has 0 spiro atoms. The van der Waals surface area contributed by atoms with Crippen molar-refractivity contribution in [2.45, 2.75) is 19.6 Å². The third kappa shape index (κ3) is 2.77. The third-order valence-electron chi connectivity index (χ3n) is 4.13. The maximum absolute atomic E-state index is 12.7. The second-order valence-electron chi connectivity index (χ2n) is 5.79. The first-order chi connectivity index (χ1) is 11.3. The summed E-state index contributed by atoms with van der Waals surface area (Å²) in [6, 6.07) is 3.61. The summed E-state index contributed by atoms with van der Waals surface area (Å²) in [5.74, 6) is 1.15. The molecule has 1 amide bonds. The fourth-order valence-electron chi connectivity index (χ4n) is 3.05. The zero-order valence-corrected chi connectivity index (χ0v) is 12.6. The zero-order valence-electron chi connectivity index (χ0n) is 12.6. The van der Waals surface area contributed by atoms with E-state index in [0.717, 1.165) is 18.9 Å². The van der Waals surface area contributed by atoms with Gasteiger partial charge in [-0.05, 0) is 12.1 Å². The summed E-state index contributed by atoms with van der Waals surface area (Å²) in [6.45, 7) is 2.75. The molecule has 7 nitrogen and oxygen atoms in total. The number of nitrogens with zero attached hydrogens (tertiary/aromatic N) is 5. The van der Waals surface area contributed by atoms with Gasteiger partial charge < -0.3 is 13.9 Å². The molecule has 0 radical (unpaired) electrons. The van der Waals surface area contributed by atoms with E-state index in [0.29, 0.717) is 18.7 Å². The number of furan rings is 1. The van der Waals surface area contributed by atoms with Gasteiger partial charge in [0.05, 0.1) is 18.4 Å².